The van der Waals surface area contributed by atoms with Crippen LogP contribution in [-0.2, 0) is 11.8 Å². The van der Waals surface area contributed by atoms with Crippen molar-refractivity contribution >= 4 is 10.9 Å². The standard InChI is InChI=1S/C13H18N2O2/c1-9-5-6-12(17-10(2)8-16-4)13-11(9)7-15(3)14-13/h5-7,10H,8H2,1-4H3/t10-/m1/s1. The molecule has 0 radical (unpaired) electrons. The number of rotatable bonds is 4. The Labute approximate surface area is 101 Å². The quantitative estimate of drug-likeness (QED) is 0.814. The zero-order valence-electron chi connectivity index (χ0n) is 10.7. The first-order valence-electron chi connectivity index (χ1n) is 5.70. The summed E-state index contributed by atoms with van der Waals surface area (Å²) in [4.78, 5) is 0. The van der Waals surface area contributed by atoms with Crippen molar-refractivity contribution in [2.45, 2.75) is 20.0 Å². The van der Waals surface area contributed by atoms with Crippen molar-refractivity contribution in [1.29, 1.82) is 0 Å². The number of benzene rings is 1. The van der Waals surface area contributed by atoms with Gasteiger partial charge in [-0.25, -0.2) is 0 Å². The molecule has 0 spiro atoms. The van der Waals surface area contributed by atoms with Crippen molar-refractivity contribution in [1.82, 2.24) is 9.78 Å². The third-order valence-electron chi connectivity index (χ3n) is 2.70. The second-order valence-corrected chi connectivity index (χ2v) is 4.33. The van der Waals surface area contributed by atoms with E-state index in [1.165, 1.54) is 5.56 Å². The van der Waals surface area contributed by atoms with Gasteiger partial charge in [0, 0.05) is 25.7 Å². The van der Waals surface area contributed by atoms with E-state index in [1.54, 1.807) is 7.11 Å². The predicted molar refractivity (Wildman–Crippen MR) is 67.4 cm³/mol. The van der Waals surface area contributed by atoms with E-state index in [0.29, 0.717) is 6.61 Å². The molecule has 0 saturated heterocycles. The van der Waals surface area contributed by atoms with E-state index < -0.39 is 0 Å². The molecule has 2 rings (SSSR count). The van der Waals surface area contributed by atoms with Gasteiger partial charge >= 0.3 is 0 Å². The Morgan fingerprint density at radius 1 is 1.41 bits per heavy atom. The van der Waals surface area contributed by atoms with Gasteiger partial charge in [-0.1, -0.05) is 6.07 Å². The molecule has 1 aromatic heterocycles. The molecule has 0 unspecified atom stereocenters. The molecule has 0 bridgehead atoms. The molecule has 0 aliphatic heterocycles. The molecular formula is C13H18N2O2. The average Bonchev–Trinajstić information content (AvgIpc) is 2.66. The third-order valence-corrected chi connectivity index (χ3v) is 2.70. The zero-order valence-corrected chi connectivity index (χ0v) is 10.7. The van der Waals surface area contributed by atoms with Gasteiger partial charge in [0.1, 0.15) is 17.4 Å². The number of hydrogen-bond donors (Lipinski definition) is 0. The lowest BCUT2D eigenvalue weighted by Gasteiger charge is -2.14. The molecule has 0 saturated carbocycles. The Morgan fingerprint density at radius 3 is 2.88 bits per heavy atom. The highest BCUT2D eigenvalue weighted by Crippen LogP contribution is 2.27. The van der Waals surface area contributed by atoms with Crippen LogP contribution in [-0.4, -0.2) is 29.6 Å². The average molecular weight is 234 g/mol. The fourth-order valence-corrected chi connectivity index (χ4v) is 1.91. The lowest BCUT2D eigenvalue weighted by Crippen LogP contribution is -2.18. The molecule has 4 nitrogen and oxygen atoms in total. The fourth-order valence-electron chi connectivity index (χ4n) is 1.91. The molecule has 4 heteroatoms. The van der Waals surface area contributed by atoms with E-state index in [2.05, 4.69) is 18.1 Å². The lowest BCUT2D eigenvalue weighted by molar-refractivity contribution is 0.0929. The normalized spacial score (nSPS) is 12.9. The van der Waals surface area contributed by atoms with Crippen molar-refractivity contribution in [3.05, 3.63) is 23.9 Å². The van der Waals surface area contributed by atoms with Gasteiger partial charge in [-0.3, -0.25) is 4.68 Å². The molecule has 2 aromatic rings. The predicted octanol–water partition coefficient (Wildman–Crippen LogP) is 2.30. The minimum Gasteiger partial charge on any atom is -0.486 e. The van der Waals surface area contributed by atoms with Crippen LogP contribution in [0.1, 0.15) is 12.5 Å². The van der Waals surface area contributed by atoms with Crippen LogP contribution < -0.4 is 4.74 Å². The fraction of sp³-hybridized carbons (Fsp3) is 0.462. The summed E-state index contributed by atoms with van der Waals surface area (Å²) in [6.45, 7) is 4.63. The van der Waals surface area contributed by atoms with Gasteiger partial charge in [0.05, 0.1) is 6.61 Å². The highest BCUT2D eigenvalue weighted by molar-refractivity contribution is 5.87. The van der Waals surface area contributed by atoms with Crippen LogP contribution in [0.25, 0.3) is 10.9 Å². The Hall–Kier alpha value is -1.55. The molecule has 0 N–H and O–H groups in total. The highest BCUT2D eigenvalue weighted by Gasteiger charge is 2.11. The summed E-state index contributed by atoms with van der Waals surface area (Å²) in [5.74, 6) is 0.816. The molecule has 0 amide bonds. The molecule has 0 aliphatic rings. The van der Waals surface area contributed by atoms with Crippen LogP contribution in [0.2, 0.25) is 0 Å². The van der Waals surface area contributed by atoms with Gasteiger partial charge in [-0.2, -0.15) is 5.10 Å². The molecule has 1 aromatic carbocycles. The van der Waals surface area contributed by atoms with E-state index in [9.17, 15) is 0 Å². The smallest absolute Gasteiger partial charge is 0.147 e. The van der Waals surface area contributed by atoms with Gasteiger partial charge in [0.2, 0.25) is 0 Å². The van der Waals surface area contributed by atoms with Crippen molar-refractivity contribution in [2.75, 3.05) is 13.7 Å². The topological polar surface area (TPSA) is 36.3 Å². The van der Waals surface area contributed by atoms with Crippen molar-refractivity contribution in [3.8, 4) is 5.75 Å². The van der Waals surface area contributed by atoms with E-state index in [1.807, 2.05) is 30.9 Å². The second-order valence-electron chi connectivity index (χ2n) is 4.33. The number of fused-ring (bicyclic) bond motifs is 1. The van der Waals surface area contributed by atoms with Crippen LogP contribution >= 0.6 is 0 Å². The number of aryl methyl sites for hydroxylation is 2. The van der Waals surface area contributed by atoms with Crippen molar-refractivity contribution < 1.29 is 9.47 Å². The molecule has 17 heavy (non-hydrogen) atoms. The Balaban J connectivity index is 2.37. The first-order chi connectivity index (χ1) is 8.11. The maximum absolute atomic E-state index is 5.84. The van der Waals surface area contributed by atoms with E-state index in [0.717, 1.165) is 16.7 Å². The molecule has 0 fully saturated rings. The van der Waals surface area contributed by atoms with Crippen molar-refractivity contribution in [2.24, 2.45) is 7.05 Å². The summed E-state index contributed by atoms with van der Waals surface area (Å²) in [7, 11) is 3.59. The molecule has 1 heterocycles. The summed E-state index contributed by atoms with van der Waals surface area (Å²) >= 11 is 0. The summed E-state index contributed by atoms with van der Waals surface area (Å²) < 4.78 is 12.7. The molecular weight excluding hydrogens is 216 g/mol. The van der Waals surface area contributed by atoms with Gasteiger partial charge in [0.15, 0.2) is 0 Å². The minimum atomic E-state index is 0.0212. The van der Waals surface area contributed by atoms with Crippen LogP contribution in [0.4, 0.5) is 0 Å². The van der Waals surface area contributed by atoms with Gasteiger partial charge in [-0.15, -0.1) is 0 Å². The highest BCUT2D eigenvalue weighted by atomic mass is 16.5. The van der Waals surface area contributed by atoms with Crippen molar-refractivity contribution in [3.63, 3.8) is 0 Å². The number of methoxy groups -OCH3 is 1. The Morgan fingerprint density at radius 2 is 2.18 bits per heavy atom. The number of hydrogen-bond acceptors (Lipinski definition) is 3. The second kappa shape index (κ2) is 4.75. The first-order valence-corrected chi connectivity index (χ1v) is 5.70. The van der Waals surface area contributed by atoms with Gasteiger partial charge in [-0.05, 0) is 25.5 Å². The first kappa shape index (κ1) is 11.9. The zero-order chi connectivity index (χ0) is 12.4. The van der Waals surface area contributed by atoms with Crippen LogP contribution in [0.5, 0.6) is 5.75 Å². The minimum absolute atomic E-state index is 0.0212. The number of ether oxygens (including phenoxy) is 2. The summed E-state index contributed by atoms with van der Waals surface area (Å²) in [6, 6.07) is 4.02. The van der Waals surface area contributed by atoms with E-state index in [4.69, 9.17) is 9.47 Å². The van der Waals surface area contributed by atoms with E-state index >= 15 is 0 Å². The Bertz CT molecular complexity index is 519. The van der Waals surface area contributed by atoms with Crippen LogP contribution in [0.15, 0.2) is 18.3 Å². The molecule has 1 atom stereocenters. The largest absolute Gasteiger partial charge is 0.486 e. The monoisotopic (exact) mass is 234 g/mol. The lowest BCUT2D eigenvalue weighted by atomic mass is 10.1. The SMILES string of the molecule is COC[C@@H](C)Oc1ccc(C)c2cn(C)nc12. The number of aromatic nitrogens is 2. The van der Waals surface area contributed by atoms with E-state index in [-0.39, 0.29) is 6.10 Å². The number of nitrogens with zero attached hydrogens (tertiary/aromatic N) is 2. The summed E-state index contributed by atoms with van der Waals surface area (Å²) in [5, 5.41) is 5.57. The summed E-state index contributed by atoms with van der Waals surface area (Å²) in [6.07, 6.45) is 2.03. The maximum atomic E-state index is 5.84. The summed E-state index contributed by atoms with van der Waals surface area (Å²) in [5.41, 5.74) is 2.12. The van der Waals surface area contributed by atoms with Crippen LogP contribution in [0.3, 0.4) is 0 Å². The Kier molecular flexibility index (Phi) is 3.33. The molecule has 0 aliphatic carbocycles. The van der Waals surface area contributed by atoms with Gasteiger partial charge < -0.3 is 9.47 Å². The molecule has 92 valence electrons. The van der Waals surface area contributed by atoms with Gasteiger partial charge in [0.25, 0.3) is 0 Å². The maximum Gasteiger partial charge on any atom is 0.147 e. The van der Waals surface area contributed by atoms with Crippen LogP contribution in [0, 0.1) is 6.92 Å². The third kappa shape index (κ3) is 2.42.